The van der Waals surface area contributed by atoms with Crippen LogP contribution in [0.3, 0.4) is 0 Å². The second-order valence-electron chi connectivity index (χ2n) is 5.17. The zero-order valence-corrected chi connectivity index (χ0v) is 10.1. The number of piperidine rings is 1. The van der Waals surface area contributed by atoms with E-state index in [1.165, 1.54) is 6.42 Å². The Morgan fingerprint density at radius 2 is 1.75 bits per heavy atom. The van der Waals surface area contributed by atoms with Crippen molar-refractivity contribution in [3.63, 3.8) is 0 Å². The van der Waals surface area contributed by atoms with Gasteiger partial charge in [0.05, 0.1) is 11.4 Å². The number of nitrogens with zero attached hydrogens (tertiary/aromatic N) is 1. The van der Waals surface area contributed by atoms with E-state index < -0.39 is 0 Å². The first-order valence-corrected chi connectivity index (χ1v) is 5.96. The molecule has 0 aliphatic carbocycles. The summed E-state index contributed by atoms with van der Waals surface area (Å²) in [4.78, 5) is 2.38. The van der Waals surface area contributed by atoms with Gasteiger partial charge < -0.3 is 16.4 Å². The van der Waals surface area contributed by atoms with Crippen molar-refractivity contribution >= 4 is 17.1 Å². The van der Waals surface area contributed by atoms with Gasteiger partial charge in [0, 0.05) is 18.8 Å². The third-order valence-electron chi connectivity index (χ3n) is 3.26. The van der Waals surface area contributed by atoms with Crippen molar-refractivity contribution in [2.24, 2.45) is 11.8 Å². The predicted molar refractivity (Wildman–Crippen MR) is 70.4 cm³/mol. The van der Waals surface area contributed by atoms with Gasteiger partial charge in [-0.2, -0.15) is 0 Å². The largest absolute Gasteiger partial charge is 0.399 e. The number of rotatable bonds is 1. The molecule has 0 saturated carbocycles. The monoisotopic (exact) mass is 219 g/mol. The smallest absolute Gasteiger partial charge is 0.0601 e. The summed E-state index contributed by atoms with van der Waals surface area (Å²) in [6.07, 6.45) is 1.31. The molecule has 0 aromatic heterocycles. The van der Waals surface area contributed by atoms with Gasteiger partial charge in [0.25, 0.3) is 0 Å². The van der Waals surface area contributed by atoms with Crippen molar-refractivity contribution in [3.8, 4) is 0 Å². The summed E-state index contributed by atoms with van der Waals surface area (Å²) < 4.78 is 0. The van der Waals surface area contributed by atoms with Crippen LogP contribution in [0.5, 0.6) is 0 Å². The van der Waals surface area contributed by atoms with Crippen LogP contribution in [-0.4, -0.2) is 13.1 Å². The van der Waals surface area contributed by atoms with Gasteiger partial charge in [-0.1, -0.05) is 13.8 Å². The van der Waals surface area contributed by atoms with E-state index >= 15 is 0 Å². The Bertz CT molecular complexity index is 365. The highest BCUT2D eigenvalue weighted by Crippen LogP contribution is 2.31. The predicted octanol–water partition coefficient (Wildman–Crippen LogP) is 2.33. The van der Waals surface area contributed by atoms with E-state index in [-0.39, 0.29) is 0 Å². The van der Waals surface area contributed by atoms with Gasteiger partial charge in [-0.05, 0) is 36.5 Å². The van der Waals surface area contributed by atoms with Crippen LogP contribution in [0.2, 0.25) is 0 Å². The molecule has 0 amide bonds. The Labute approximate surface area is 97.4 Å². The van der Waals surface area contributed by atoms with Gasteiger partial charge in [0.2, 0.25) is 0 Å². The molecule has 1 aromatic rings. The Morgan fingerprint density at radius 3 is 2.31 bits per heavy atom. The molecular weight excluding hydrogens is 198 g/mol. The van der Waals surface area contributed by atoms with Crippen LogP contribution >= 0.6 is 0 Å². The van der Waals surface area contributed by atoms with Crippen LogP contribution in [0.15, 0.2) is 18.2 Å². The lowest BCUT2D eigenvalue weighted by Gasteiger charge is -2.37. The standard InChI is InChI=1S/C13H21N3/c1-9-5-10(2)8-16(7-9)13-4-3-11(14)6-12(13)15/h3-4,6,9-10H,5,7-8,14-15H2,1-2H3/t9-,10-/m0/s1. The number of hydrogen-bond donors (Lipinski definition) is 2. The van der Waals surface area contributed by atoms with Gasteiger partial charge in [-0.15, -0.1) is 0 Å². The fourth-order valence-corrected chi connectivity index (χ4v) is 2.72. The molecule has 1 heterocycles. The molecule has 2 rings (SSSR count). The van der Waals surface area contributed by atoms with Crippen LogP contribution in [0.1, 0.15) is 20.3 Å². The van der Waals surface area contributed by atoms with Crippen molar-refractivity contribution in [3.05, 3.63) is 18.2 Å². The van der Waals surface area contributed by atoms with E-state index in [0.29, 0.717) is 0 Å². The van der Waals surface area contributed by atoms with Crippen LogP contribution in [-0.2, 0) is 0 Å². The highest BCUT2D eigenvalue weighted by atomic mass is 15.1. The first-order chi connectivity index (χ1) is 7.56. The summed E-state index contributed by atoms with van der Waals surface area (Å²) in [7, 11) is 0. The lowest BCUT2D eigenvalue weighted by molar-refractivity contribution is 0.357. The minimum absolute atomic E-state index is 0.736. The zero-order chi connectivity index (χ0) is 11.7. The molecule has 88 valence electrons. The molecule has 0 bridgehead atoms. The Balaban J connectivity index is 2.23. The molecule has 1 aliphatic heterocycles. The van der Waals surface area contributed by atoms with Crippen molar-refractivity contribution < 1.29 is 0 Å². The third-order valence-corrected chi connectivity index (χ3v) is 3.26. The summed E-state index contributed by atoms with van der Waals surface area (Å²) in [5, 5.41) is 0. The van der Waals surface area contributed by atoms with E-state index in [0.717, 1.165) is 42.0 Å². The quantitative estimate of drug-likeness (QED) is 0.713. The van der Waals surface area contributed by atoms with E-state index in [4.69, 9.17) is 11.5 Å². The van der Waals surface area contributed by atoms with Gasteiger partial charge in [-0.25, -0.2) is 0 Å². The zero-order valence-electron chi connectivity index (χ0n) is 10.1. The fourth-order valence-electron chi connectivity index (χ4n) is 2.72. The molecular formula is C13H21N3. The lowest BCUT2D eigenvalue weighted by Crippen LogP contribution is -2.39. The number of nitrogens with two attached hydrogens (primary N) is 2. The topological polar surface area (TPSA) is 55.3 Å². The average Bonchev–Trinajstić information content (AvgIpc) is 2.15. The highest BCUT2D eigenvalue weighted by Gasteiger charge is 2.22. The molecule has 1 aliphatic rings. The number of anilines is 3. The average molecular weight is 219 g/mol. The number of hydrogen-bond acceptors (Lipinski definition) is 3. The first-order valence-electron chi connectivity index (χ1n) is 5.96. The summed E-state index contributed by atoms with van der Waals surface area (Å²) >= 11 is 0. The van der Waals surface area contributed by atoms with Crippen molar-refractivity contribution in [2.45, 2.75) is 20.3 Å². The maximum Gasteiger partial charge on any atom is 0.0601 e. The molecule has 0 unspecified atom stereocenters. The van der Waals surface area contributed by atoms with Crippen LogP contribution in [0, 0.1) is 11.8 Å². The van der Waals surface area contributed by atoms with Gasteiger partial charge in [0.1, 0.15) is 0 Å². The third kappa shape index (κ3) is 2.23. The SMILES string of the molecule is C[C@H]1C[C@H](C)CN(c2ccc(N)cc2N)C1. The molecule has 3 nitrogen and oxygen atoms in total. The Hall–Kier alpha value is -1.38. The fraction of sp³-hybridized carbons (Fsp3) is 0.538. The van der Waals surface area contributed by atoms with Crippen molar-refractivity contribution in [1.82, 2.24) is 0 Å². The van der Waals surface area contributed by atoms with Crippen molar-refractivity contribution in [1.29, 1.82) is 0 Å². The van der Waals surface area contributed by atoms with Crippen molar-refractivity contribution in [2.75, 3.05) is 29.5 Å². The Morgan fingerprint density at radius 1 is 1.12 bits per heavy atom. The van der Waals surface area contributed by atoms with E-state index in [1.54, 1.807) is 0 Å². The van der Waals surface area contributed by atoms with Gasteiger partial charge in [0.15, 0.2) is 0 Å². The minimum Gasteiger partial charge on any atom is -0.399 e. The molecule has 1 aromatic carbocycles. The van der Waals surface area contributed by atoms with E-state index in [9.17, 15) is 0 Å². The van der Waals surface area contributed by atoms with Crippen LogP contribution in [0.4, 0.5) is 17.1 Å². The number of nitrogen functional groups attached to an aromatic ring is 2. The van der Waals surface area contributed by atoms with Crippen LogP contribution < -0.4 is 16.4 Å². The maximum absolute atomic E-state index is 6.02. The lowest BCUT2D eigenvalue weighted by atomic mass is 9.91. The Kier molecular flexibility index (Phi) is 2.95. The molecule has 0 radical (unpaired) electrons. The van der Waals surface area contributed by atoms with E-state index in [1.807, 2.05) is 18.2 Å². The summed E-state index contributed by atoms with van der Waals surface area (Å²) in [6, 6.07) is 5.81. The summed E-state index contributed by atoms with van der Waals surface area (Å²) in [6.45, 7) is 6.79. The maximum atomic E-state index is 6.02. The molecule has 3 heteroatoms. The normalized spacial score (nSPS) is 25.8. The second kappa shape index (κ2) is 4.24. The number of benzene rings is 1. The minimum atomic E-state index is 0.736. The first kappa shape index (κ1) is 11.1. The second-order valence-corrected chi connectivity index (χ2v) is 5.17. The van der Waals surface area contributed by atoms with Gasteiger partial charge in [-0.3, -0.25) is 0 Å². The molecule has 4 N–H and O–H groups in total. The van der Waals surface area contributed by atoms with Crippen LogP contribution in [0.25, 0.3) is 0 Å². The molecule has 1 fully saturated rings. The van der Waals surface area contributed by atoms with Gasteiger partial charge >= 0.3 is 0 Å². The summed E-state index contributed by atoms with van der Waals surface area (Å²) in [5.41, 5.74) is 14.4. The molecule has 2 atom stereocenters. The molecule has 0 spiro atoms. The molecule has 1 saturated heterocycles. The summed E-state index contributed by atoms with van der Waals surface area (Å²) in [5.74, 6) is 1.47. The van der Waals surface area contributed by atoms with E-state index in [2.05, 4.69) is 18.7 Å². The molecule has 16 heavy (non-hydrogen) atoms. The highest BCUT2D eigenvalue weighted by molar-refractivity contribution is 5.72.